The van der Waals surface area contributed by atoms with E-state index in [0.29, 0.717) is 11.3 Å². The van der Waals surface area contributed by atoms with Gasteiger partial charge in [-0.2, -0.15) is 0 Å². The van der Waals surface area contributed by atoms with Crippen molar-refractivity contribution in [3.63, 3.8) is 0 Å². The number of Topliss-reactive ketones (excluding diaryl/α,β-unsaturated/α-hetero) is 1. The lowest BCUT2D eigenvalue weighted by atomic mass is 10.1. The third-order valence-corrected chi connectivity index (χ3v) is 2.33. The Balaban J connectivity index is 2.44. The van der Waals surface area contributed by atoms with Crippen molar-refractivity contribution in [2.24, 2.45) is 0 Å². The van der Waals surface area contributed by atoms with Crippen molar-refractivity contribution in [3.8, 4) is 5.75 Å². The molecule has 0 aromatic heterocycles. The second kappa shape index (κ2) is 7.27. The first kappa shape index (κ1) is 14.0. The maximum Gasteiger partial charge on any atom is 0.306 e. The van der Waals surface area contributed by atoms with Gasteiger partial charge >= 0.3 is 5.97 Å². The fourth-order valence-corrected chi connectivity index (χ4v) is 1.36. The smallest absolute Gasteiger partial charge is 0.306 e. The van der Waals surface area contributed by atoms with E-state index in [9.17, 15) is 9.59 Å². The average Bonchev–Trinajstić information content (AvgIpc) is 2.42. The first-order chi connectivity index (χ1) is 8.67. The Morgan fingerprint density at radius 2 is 1.89 bits per heavy atom. The molecule has 0 fully saturated rings. The largest absolute Gasteiger partial charge is 0.497 e. The van der Waals surface area contributed by atoms with E-state index in [-0.39, 0.29) is 25.2 Å². The first-order valence-electron chi connectivity index (χ1n) is 5.61. The Labute approximate surface area is 106 Å². The van der Waals surface area contributed by atoms with Crippen LogP contribution in [0.25, 0.3) is 0 Å². The zero-order valence-corrected chi connectivity index (χ0v) is 10.3. The van der Waals surface area contributed by atoms with E-state index in [0.717, 1.165) is 0 Å². The topological polar surface area (TPSA) is 52.6 Å². The zero-order chi connectivity index (χ0) is 13.4. The summed E-state index contributed by atoms with van der Waals surface area (Å²) < 4.78 is 9.78. The zero-order valence-electron chi connectivity index (χ0n) is 10.3. The van der Waals surface area contributed by atoms with Crippen LogP contribution in [0.15, 0.2) is 36.9 Å². The Kier molecular flexibility index (Phi) is 5.64. The molecule has 18 heavy (non-hydrogen) atoms. The number of carbonyl (C=O) groups is 2. The predicted octanol–water partition coefficient (Wildman–Crippen LogP) is 2.39. The molecule has 0 N–H and O–H groups in total. The van der Waals surface area contributed by atoms with Gasteiger partial charge in [0.2, 0.25) is 0 Å². The number of esters is 1. The minimum atomic E-state index is -0.392. The number of hydrogen-bond donors (Lipinski definition) is 0. The van der Waals surface area contributed by atoms with Crippen LogP contribution in [-0.4, -0.2) is 25.5 Å². The van der Waals surface area contributed by atoms with Gasteiger partial charge in [-0.1, -0.05) is 12.7 Å². The van der Waals surface area contributed by atoms with Crippen molar-refractivity contribution in [2.75, 3.05) is 13.7 Å². The Bertz CT molecular complexity index is 420. The quantitative estimate of drug-likeness (QED) is 0.422. The third-order valence-electron chi connectivity index (χ3n) is 2.33. The minimum Gasteiger partial charge on any atom is -0.497 e. The lowest BCUT2D eigenvalue weighted by Crippen LogP contribution is -2.08. The van der Waals surface area contributed by atoms with E-state index >= 15 is 0 Å². The van der Waals surface area contributed by atoms with Gasteiger partial charge in [0, 0.05) is 12.0 Å². The summed E-state index contributed by atoms with van der Waals surface area (Å²) in [6.07, 6.45) is 1.71. The van der Waals surface area contributed by atoms with Gasteiger partial charge in [-0.25, -0.2) is 0 Å². The normalized spacial score (nSPS) is 9.61. The second-order valence-electron chi connectivity index (χ2n) is 3.62. The van der Waals surface area contributed by atoms with E-state index in [2.05, 4.69) is 6.58 Å². The first-order valence-corrected chi connectivity index (χ1v) is 5.61. The van der Waals surface area contributed by atoms with Crippen molar-refractivity contribution < 1.29 is 19.1 Å². The summed E-state index contributed by atoms with van der Waals surface area (Å²) in [6, 6.07) is 6.78. The van der Waals surface area contributed by atoms with Gasteiger partial charge in [0.05, 0.1) is 13.5 Å². The van der Waals surface area contributed by atoms with Crippen LogP contribution >= 0.6 is 0 Å². The highest BCUT2D eigenvalue weighted by atomic mass is 16.5. The predicted molar refractivity (Wildman–Crippen MR) is 67.7 cm³/mol. The Morgan fingerprint density at radius 3 is 2.44 bits per heavy atom. The highest BCUT2D eigenvalue weighted by Crippen LogP contribution is 2.13. The molecule has 0 bridgehead atoms. The fourth-order valence-electron chi connectivity index (χ4n) is 1.36. The summed E-state index contributed by atoms with van der Waals surface area (Å²) in [5.74, 6) is 0.210. The molecule has 1 aromatic carbocycles. The molecule has 0 amide bonds. The third kappa shape index (κ3) is 4.41. The van der Waals surface area contributed by atoms with Gasteiger partial charge in [0.15, 0.2) is 5.78 Å². The van der Waals surface area contributed by atoms with E-state index < -0.39 is 5.97 Å². The molecule has 0 unspecified atom stereocenters. The van der Waals surface area contributed by atoms with Crippen LogP contribution in [0.1, 0.15) is 23.2 Å². The summed E-state index contributed by atoms with van der Waals surface area (Å²) in [5.41, 5.74) is 0.562. The molecule has 0 atom stereocenters. The van der Waals surface area contributed by atoms with Gasteiger partial charge in [-0.05, 0) is 24.3 Å². The lowest BCUT2D eigenvalue weighted by Gasteiger charge is -2.03. The van der Waals surface area contributed by atoms with Crippen molar-refractivity contribution in [2.45, 2.75) is 12.8 Å². The molecule has 0 aliphatic carbocycles. The molecule has 0 spiro atoms. The maximum atomic E-state index is 11.8. The second-order valence-corrected chi connectivity index (χ2v) is 3.62. The molecule has 1 aromatic rings. The SMILES string of the molecule is C=CCOC(=O)CCC(=O)c1ccc(OC)cc1. The van der Waals surface area contributed by atoms with Gasteiger partial charge < -0.3 is 9.47 Å². The average molecular weight is 248 g/mol. The number of rotatable bonds is 7. The summed E-state index contributed by atoms with van der Waals surface area (Å²) >= 11 is 0. The fraction of sp³-hybridized carbons (Fsp3) is 0.286. The molecular formula is C14H16O4. The molecule has 0 saturated carbocycles. The molecular weight excluding hydrogens is 232 g/mol. The van der Waals surface area contributed by atoms with Gasteiger partial charge in [0.25, 0.3) is 0 Å². The summed E-state index contributed by atoms with van der Waals surface area (Å²) in [7, 11) is 1.56. The lowest BCUT2D eigenvalue weighted by molar-refractivity contribution is -0.142. The number of carbonyl (C=O) groups excluding carboxylic acids is 2. The number of hydrogen-bond acceptors (Lipinski definition) is 4. The molecule has 0 radical (unpaired) electrons. The molecule has 4 heteroatoms. The van der Waals surface area contributed by atoms with Crippen LogP contribution in [0, 0.1) is 0 Å². The van der Waals surface area contributed by atoms with Gasteiger partial charge in [-0.15, -0.1) is 0 Å². The van der Waals surface area contributed by atoms with Crippen molar-refractivity contribution in [1.82, 2.24) is 0 Å². The molecule has 4 nitrogen and oxygen atoms in total. The number of ketones is 1. The maximum absolute atomic E-state index is 11.8. The standard InChI is InChI=1S/C14H16O4/c1-3-10-18-14(16)9-8-13(15)11-4-6-12(17-2)7-5-11/h3-7H,1,8-10H2,2H3. The molecule has 0 aliphatic heterocycles. The Hall–Kier alpha value is -2.10. The van der Waals surface area contributed by atoms with Crippen molar-refractivity contribution in [1.29, 1.82) is 0 Å². The minimum absolute atomic E-state index is 0.0820. The van der Waals surface area contributed by atoms with Gasteiger partial charge in [0.1, 0.15) is 12.4 Å². The van der Waals surface area contributed by atoms with E-state index in [1.165, 1.54) is 6.08 Å². The molecule has 0 heterocycles. The van der Waals surface area contributed by atoms with Crippen LogP contribution in [0.2, 0.25) is 0 Å². The van der Waals surface area contributed by atoms with Crippen LogP contribution < -0.4 is 4.74 Å². The van der Waals surface area contributed by atoms with Crippen LogP contribution in [0.4, 0.5) is 0 Å². The number of methoxy groups -OCH3 is 1. The highest BCUT2D eigenvalue weighted by molar-refractivity contribution is 5.97. The van der Waals surface area contributed by atoms with Crippen molar-refractivity contribution >= 4 is 11.8 Å². The van der Waals surface area contributed by atoms with Crippen LogP contribution in [0.5, 0.6) is 5.75 Å². The van der Waals surface area contributed by atoms with Crippen molar-refractivity contribution in [3.05, 3.63) is 42.5 Å². The van der Waals surface area contributed by atoms with E-state index in [1.54, 1.807) is 31.4 Å². The number of benzene rings is 1. The van der Waals surface area contributed by atoms with Crippen LogP contribution in [0.3, 0.4) is 0 Å². The molecule has 96 valence electrons. The molecule has 1 rings (SSSR count). The summed E-state index contributed by atoms with van der Waals surface area (Å²) in [6.45, 7) is 3.61. The van der Waals surface area contributed by atoms with Crippen LogP contribution in [-0.2, 0) is 9.53 Å². The van der Waals surface area contributed by atoms with E-state index in [4.69, 9.17) is 9.47 Å². The van der Waals surface area contributed by atoms with Gasteiger partial charge in [-0.3, -0.25) is 9.59 Å². The summed E-state index contributed by atoms with van der Waals surface area (Å²) in [4.78, 5) is 22.9. The number of ether oxygens (including phenoxy) is 2. The van der Waals surface area contributed by atoms with E-state index in [1.807, 2.05) is 0 Å². The highest BCUT2D eigenvalue weighted by Gasteiger charge is 2.09. The Morgan fingerprint density at radius 1 is 1.22 bits per heavy atom. The monoisotopic (exact) mass is 248 g/mol. The molecule has 0 aliphatic rings. The molecule has 0 saturated heterocycles. The summed E-state index contributed by atoms with van der Waals surface area (Å²) in [5, 5.41) is 0.